The molecule has 0 spiro atoms. The molecule has 0 saturated heterocycles. The van der Waals surface area contributed by atoms with E-state index in [1.807, 2.05) is 32.0 Å². The summed E-state index contributed by atoms with van der Waals surface area (Å²) >= 11 is 0. The summed E-state index contributed by atoms with van der Waals surface area (Å²) in [4.78, 5) is 24.4. The molecule has 3 aromatic rings. The molecular weight excluding hydrogens is 342 g/mol. The van der Waals surface area contributed by atoms with E-state index in [4.69, 9.17) is 4.42 Å². The molecule has 27 heavy (non-hydrogen) atoms. The number of nitrogens with one attached hydrogen (secondary N) is 3. The van der Waals surface area contributed by atoms with Crippen LogP contribution in [0.1, 0.15) is 34.8 Å². The molecule has 0 aliphatic heterocycles. The molecule has 138 valence electrons. The molecular formula is C21H21N3O3. The minimum Gasteiger partial charge on any atom is -0.464 e. The third-order valence-electron chi connectivity index (χ3n) is 3.95. The second kappa shape index (κ2) is 8.23. The zero-order valence-corrected chi connectivity index (χ0v) is 15.2. The lowest BCUT2D eigenvalue weighted by Crippen LogP contribution is -2.31. The number of aryl methyl sites for hydroxylation is 1. The Morgan fingerprint density at radius 3 is 2.26 bits per heavy atom. The summed E-state index contributed by atoms with van der Waals surface area (Å²) in [5.74, 6) is 1.27. The molecule has 0 aliphatic carbocycles. The van der Waals surface area contributed by atoms with E-state index in [-0.39, 0.29) is 18.0 Å². The van der Waals surface area contributed by atoms with Crippen molar-refractivity contribution in [3.63, 3.8) is 0 Å². The number of hydrogen-bond donors (Lipinski definition) is 3. The van der Waals surface area contributed by atoms with E-state index in [0.717, 1.165) is 5.76 Å². The number of amides is 3. The monoisotopic (exact) mass is 363 g/mol. The highest BCUT2D eigenvalue weighted by Gasteiger charge is 2.13. The van der Waals surface area contributed by atoms with Gasteiger partial charge in [0.2, 0.25) is 0 Å². The number of benzene rings is 2. The maximum Gasteiger partial charge on any atom is 0.319 e. The van der Waals surface area contributed by atoms with E-state index in [1.54, 1.807) is 48.5 Å². The van der Waals surface area contributed by atoms with Crippen LogP contribution in [-0.2, 0) is 0 Å². The lowest BCUT2D eigenvalue weighted by Gasteiger charge is -2.13. The summed E-state index contributed by atoms with van der Waals surface area (Å²) in [7, 11) is 0. The molecule has 3 amide bonds. The first-order chi connectivity index (χ1) is 13.0. The van der Waals surface area contributed by atoms with Crippen molar-refractivity contribution < 1.29 is 14.0 Å². The van der Waals surface area contributed by atoms with E-state index >= 15 is 0 Å². The maximum absolute atomic E-state index is 12.2. The first-order valence-corrected chi connectivity index (χ1v) is 8.61. The Hall–Kier alpha value is -3.54. The predicted octanol–water partition coefficient (Wildman–Crippen LogP) is 4.72. The number of rotatable bonds is 5. The van der Waals surface area contributed by atoms with Crippen molar-refractivity contribution in [2.75, 3.05) is 10.6 Å². The first kappa shape index (κ1) is 18.3. The summed E-state index contributed by atoms with van der Waals surface area (Å²) < 4.78 is 5.51. The van der Waals surface area contributed by atoms with Crippen LogP contribution in [-0.4, -0.2) is 11.9 Å². The second-order valence-corrected chi connectivity index (χ2v) is 6.17. The van der Waals surface area contributed by atoms with Crippen molar-refractivity contribution >= 4 is 23.3 Å². The number of carbonyl (C=O) groups excluding carboxylic acids is 2. The first-order valence-electron chi connectivity index (χ1n) is 8.61. The van der Waals surface area contributed by atoms with Gasteiger partial charge in [-0.2, -0.15) is 0 Å². The minimum atomic E-state index is -0.358. The van der Waals surface area contributed by atoms with Crippen molar-refractivity contribution in [2.24, 2.45) is 0 Å². The summed E-state index contributed by atoms with van der Waals surface area (Å²) in [5.41, 5.74) is 1.73. The highest BCUT2D eigenvalue weighted by Crippen LogP contribution is 2.18. The van der Waals surface area contributed by atoms with Crippen molar-refractivity contribution in [1.82, 2.24) is 5.32 Å². The Bertz CT molecular complexity index is 935. The van der Waals surface area contributed by atoms with Crippen molar-refractivity contribution in [1.29, 1.82) is 0 Å². The van der Waals surface area contributed by atoms with E-state index in [2.05, 4.69) is 16.0 Å². The summed E-state index contributed by atoms with van der Waals surface area (Å²) in [5, 5.41) is 8.39. The number of hydrogen-bond acceptors (Lipinski definition) is 3. The Morgan fingerprint density at radius 1 is 0.889 bits per heavy atom. The molecule has 3 rings (SSSR count). The predicted molar refractivity (Wildman–Crippen MR) is 105 cm³/mol. The van der Waals surface area contributed by atoms with Crippen molar-refractivity contribution in [3.05, 3.63) is 83.8 Å². The van der Waals surface area contributed by atoms with E-state index in [0.29, 0.717) is 22.7 Å². The van der Waals surface area contributed by atoms with Crippen LogP contribution < -0.4 is 16.0 Å². The molecule has 0 fully saturated rings. The van der Waals surface area contributed by atoms with Gasteiger partial charge in [0.15, 0.2) is 0 Å². The normalized spacial score (nSPS) is 11.5. The topological polar surface area (TPSA) is 83.4 Å². The van der Waals surface area contributed by atoms with Gasteiger partial charge in [-0.15, -0.1) is 0 Å². The fraction of sp³-hybridized carbons (Fsp3) is 0.143. The van der Waals surface area contributed by atoms with Crippen LogP contribution in [0.2, 0.25) is 0 Å². The Kier molecular flexibility index (Phi) is 5.56. The smallest absolute Gasteiger partial charge is 0.319 e. The highest BCUT2D eigenvalue weighted by atomic mass is 16.3. The average molecular weight is 363 g/mol. The largest absolute Gasteiger partial charge is 0.464 e. The molecule has 0 saturated carbocycles. The van der Waals surface area contributed by atoms with E-state index in [9.17, 15) is 9.59 Å². The van der Waals surface area contributed by atoms with E-state index < -0.39 is 0 Å². The number of urea groups is 1. The lowest BCUT2D eigenvalue weighted by molar-refractivity contribution is 0.102. The molecule has 6 nitrogen and oxygen atoms in total. The van der Waals surface area contributed by atoms with Gasteiger partial charge in [-0.1, -0.05) is 24.3 Å². The zero-order chi connectivity index (χ0) is 19.2. The molecule has 0 bridgehead atoms. The summed E-state index contributed by atoms with van der Waals surface area (Å²) in [6, 6.07) is 19.0. The van der Waals surface area contributed by atoms with Crippen LogP contribution in [0.25, 0.3) is 0 Å². The van der Waals surface area contributed by atoms with Crippen molar-refractivity contribution in [2.45, 2.75) is 19.9 Å². The third kappa shape index (κ3) is 4.98. The second-order valence-electron chi connectivity index (χ2n) is 6.17. The van der Waals surface area contributed by atoms with Crippen LogP contribution >= 0.6 is 0 Å². The molecule has 0 aliphatic rings. The molecule has 6 heteroatoms. The van der Waals surface area contributed by atoms with Crippen LogP contribution in [0.3, 0.4) is 0 Å². The van der Waals surface area contributed by atoms with Crippen LogP contribution in [0.4, 0.5) is 16.2 Å². The van der Waals surface area contributed by atoms with Gasteiger partial charge in [-0.3, -0.25) is 4.79 Å². The highest BCUT2D eigenvalue weighted by molar-refractivity contribution is 6.04. The molecule has 0 radical (unpaired) electrons. The van der Waals surface area contributed by atoms with Gasteiger partial charge in [0.25, 0.3) is 5.91 Å². The van der Waals surface area contributed by atoms with Gasteiger partial charge >= 0.3 is 6.03 Å². The maximum atomic E-state index is 12.2. The van der Waals surface area contributed by atoms with Crippen LogP contribution in [0, 0.1) is 6.92 Å². The minimum absolute atomic E-state index is 0.209. The standard InChI is InChI=1S/C21H21N3O3/c1-14-11-12-19(27-14)15(2)22-21(26)24-18-10-6-9-17(13-18)23-20(25)16-7-4-3-5-8-16/h3-13,15H,1-2H3,(H,23,25)(H2,22,24,26). The zero-order valence-electron chi connectivity index (χ0n) is 15.2. The van der Waals surface area contributed by atoms with Gasteiger partial charge < -0.3 is 20.4 Å². The SMILES string of the molecule is Cc1ccc(C(C)NC(=O)Nc2cccc(NC(=O)c3ccccc3)c2)o1. The van der Waals surface area contributed by atoms with Crippen LogP contribution in [0.15, 0.2) is 71.1 Å². The van der Waals surface area contributed by atoms with Gasteiger partial charge in [0, 0.05) is 16.9 Å². The fourth-order valence-electron chi connectivity index (χ4n) is 2.59. The average Bonchev–Trinajstić information content (AvgIpc) is 3.09. The van der Waals surface area contributed by atoms with Crippen LogP contribution in [0.5, 0.6) is 0 Å². The Balaban J connectivity index is 1.60. The number of carbonyl (C=O) groups is 2. The number of furan rings is 1. The number of anilines is 2. The Labute approximate surface area is 157 Å². The molecule has 1 atom stereocenters. The third-order valence-corrected chi connectivity index (χ3v) is 3.95. The van der Waals surface area contributed by atoms with E-state index in [1.165, 1.54) is 0 Å². The quantitative estimate of drug-likeness (QED) is 0.613. The molecule has 1 heterocycles. The van der Waals surface area contributed by atoms with Gasteiger partial charge in [-0.05, 0) is 56.3 Å². The molecule has 3 N–H and O–H groups in total. The summed E-state index contributed by atoms with van der Waals surface area (Å²) in [6.45, 7) is 3.69. The lowest BCUT2D eigenvalue weighted by atomic mass is 10.2. The van der Waals surface area contributed by atoms with Gasteiger partial charge in [0.05, 0.1) is 6.04 Å². The van der Waals surface area contributed by atoms with Crippen molar-refractivity contribution in [3.8, 4) is 0 Å². The van der Waals surface area contributed by atoms with Gasteiger partial charge in [-0.25, -0.2) is 4.79 Å². The summed E-state index contributed by atoms with van der Waals surface area (Å²) in [6.07, 6.45) is 0. The fourth-order valence-corrected chi connectivity index (χ4v) is 2.59. The van der Waals surface area contributed by atoms with Gasteiger partial charge in [0.1, 0.15) is 11.5 Å². The molecule has 1 aromatic heterocycles. The Morgan fingerprint density at radius 2 is 1.59 bits per heavy atom. The molecule has 1 unspecified atom stereocenters. The molecule has 2 aromatic carbocycles.